The Bertz CT molecular complexity index is 1130. The number of anilines is 2. The van der Waals surface area contributed by atoms with Crippen molar-refractivity contribution in [1.29, 1.82) is 5.26 Å². The molecule has 30 heavy (non-hydrogen) atoms. The van der Waals surface area contributed by atoms with Gasteiger partial charge in [-0.2, -0.15) is 5.26 Å². The third kappa shape index (κ3) is 4.91. The van der Waals surface area contributed by atoms with E-state index in [1.807, 2.05) is 6.07 Å². The van der Waals surface area contributed by atoms with Crippen molar-refractivity contribution in [3.05, 3.63) is 83.3 Å². The second-order valence-corrected chi connectivity index (χ2v) is 6.24. The standard InChI is InChI=1S/C22H17N3O5/c1-14-8-9-15(11-18(14)25-21(27)19-7-4-10-29-19)22(28)30-13-20(26)24-17-6-3-2-5-16(17)12-23/h2-11H,13H2,1H3,(H,24,26)(H,25,27). The summed E-state index contributed by atoms with van der Waals surface area (Å²) in [5.74, 6) is -1.63. The molecule has 0 unspecified atom stereocenters. The summed E-state index contributed by atoms with van der Waals surface area (Å²) < 4.78 is 10.1. The summed E-state index contributed by atoms with van der Waals surface area (Å²) in [6.07, 6.45) is 1.38. The van der Waals surface area contributed by atoms with E-state index in [1.165, 1.54) is 24.5 Å². The summed E-state index contributed by atoms with van der Waals surface area (Å²) in [6.45, 7) is 1.24. The molecule has 0 radical (unpaired) electrons. The van der Waals surface area contributed by atoms with Gasteiger partial charge in [0.25, 0.3) is 11.8 Å². The normalized spacial score (nSPS) is 10.0. The number of rotatable bonds is 6. The second-order valence-electron chi connectivity index (χ2n) is 6.24. The number of hydrogen-bond acceptors (Lipinski definition) is 6. The van der Waals surface area contributed by atoms with Crippen LogP contribution in [0.25, 0.3) is 0 Å². The maximum Gasteiger partial charge on any atom is 0.338 e. The zero-order valence-corrected chi connectivity index (χ0v) is 16.0. The summed E-state index contributed by atoms with van der Waals surface area (Å²) in [6, 6.07) is 16.2. The van der Waals surface area contributed by atoms with Gasteiger partial charge in [0.2, 0.25) is 0 Å². The summed E-state index contributed by atoms with van der Waals surface area (Å²) in [5, 5.41) is 14.2. The molecule has 1 heterocycles. The number of para-hydroxylation sites is 1. The fraction of sp³-hybridized carbons (Fsp3) is 0.0909. The highest BCUT2D eigenvalue weighted by Crippen LogP contribution is 2.19. The molecule has 0 saturated carbocycles. The number of nitrogens with one attached hydrogen (secondary N) is 2. The molecule has 0 aliphatic rings. The summed E-state index contributed by atoms with van der Waals surface area (Å²) in [4.78, 5) is 36.5. The lowest BCUT2D eigenvalue weighted by molar-refractivity contribution is -0.119. The van der Waals surface area contributed by atoms with Crippen LogP contribution in [0.1, 0.15) is 32.0 Å². The van der Waals surface area contributed by atoms with Crippen molar-refractivity contribution in [2.75, 3.05) is 17.2 Å². The van der Waals surface area contributed by atoms with Crippen LogP contribution in [0.2, 0.25) is 0 Å². The van der Waals surface area contributed by atoms with Crippen molar-refractivity contribution < 1.29 is 23.5 Å². The lowest BCUT2D eigenvalue weighted by atomic mass is 10.1. The summed E-state index contributed by atoms with van der Waals surface area (Å²) >= 11 is 0. The number of furan rings is 1. The number of carbonyl (C=O) groups excluding carboxylic acids is 3. The minimum absolute atomic E-state index is 0.136. The minimum Gasteiger partial charge on any atom is -0.459 e. The average Bonchev–Trinajstić information content (AvgIpc) is 3.29. The number of amides is 2. The van der Waals surface area contributed by atoms with Gasteiger partial charge in [-0.25, -0.2) is 4.79 Å². The van der Waals surface area contributed by atoms with E-state index in [0.29, 0.717) is 16.9 Å². The van der Waals surface area contributed by atoms with Gasteiger partial charge in [-0.3, -0.25) is 9.59 Å². The first-order valence-electron chi connectivity index (χ1n) is 8.89. The summed E-state index contributed by atoms with van der Waals surface area (Å²) in [5.41, 5.74) is 1.95. The van der Waals surface area contributed by atoms with E-state index in [4.69, 9.17) is 14.4 Å². The molecule has 0 aliphatic carbocycles. The van der Waals surface area contributed by atoms with Crippen molar-refractivity contribution in [3.8, 4) is 6.07 Å². The van der Waals surface area contributed by atoms with Crippen LogP contribution in [0.15, 0.2) is 65.3 Å². The molecule has 2 N–H and O–H groups in total. The number of hydrogen-bond donors (Lipinski definition) is 2. The van der Waals surface area contributed by atoms with Crippen LogP contribution in [0.3, 0.4) is 0 Å². The molecule has 0 saturated heterocycles. The maximum absolute atomic E-state index is 12.3. The molecule has 0 fully saturated rings. The highest BCUT2D eigenvalue weighted by molar-refractivity contribution is 6.03. The van der Waals surface area contributed by atoms with Crippen molar-refractivity contribution in [1.82, 2.24) is 0 Å². The van der Waals surface area contributed by atoms with Crippen LogP contribution in [-0.4, -0.2) is 24.4 Å². The quantitative estimate of drug-likeness (QED) is 0.608. The fourth-order valence-corrected chi connectivity index (χ4v) is 2.57. The zero-order valence-electron chi connectivity index (χ0n) is 16.0. The van der Waals surface area contributed by atoms with Gasteiger partial charge < -0.3 is 19.8 Å². The molecule has 3 rings (SSSR count). The molecular formula is C22H17N3O5. The number of esters is 1. The molecule has 1 aromatic heterocycles. The van der Waals surface area contributed by atoms with Crippen LogP contribution >= 0.6 is 0 Å². The van der Waals surface area contributed by atoms with Gasteiger partial charge in [0.05, 0.1) is 23.1 Å². The van der Waals surface area contributed by atoms with Gasteiger partial charge in [-0.05, 0) is 48.9 Å². The summed E-state index contributed by atoms with van der Waals surface area (Å²) in [7, 11) is 0. The lowest BCUT2D eigenvalue weighted by Gasteiger charge is -2.10. The topological polar surface area (TPSA) is 121 Å². The Hall–Kier alpha value is -4.38. The van der Waals surface area contributed by atoms with Crippen molar-refractivity contribution in [2.45, 2.75) is 6.92 Å². The highest BCUT2D eigenvalue weighted by Gasteiger charge is 2.15. The maximum atomic E-state index is 12.3. The fourth-order valence-electron chi connectivity index (χ4n) is 2.57. The molecule has 0 spiro atoms. The van der Waals surface area contributed by atoms with Crippen LogP contribution in [-0.2, 0) is 9.53 Å². The van der Waals surface area contributed by atoms with E-state index >= 15 is 0 Å². The minimum atomic E-state index is -0.729. The van der Waals surface area contributed by atoms with Gasteiger partial charge >= 0.3 is 5.97 Å². The van der Waals surface area contributed by atoms with Gasteiger partial charge in [0.1, 0.15) is 6.07 Å². The zero-order chi connectivity index (χ0) is 21.5. The Kier molecular flexibility index (Phi) is 6.25. The molecule has 0 atom stereocenters. The average molecular weight is 403 g/mol. The predicted molar refractivity (Wildman–Crippen MR) is 108 cm³/mol. The molecule has 8 heteroatoms. The number of carbonyl (C=O) groups is 3. The molecule has 0 aliphatic heterocycles. The Balaban J connectivity index is 1.62. The van der Waals surface area contributed by atoms with Crippen molar-refractivity contribution in [3.63, 3.8) is 0 Å². The van der Waals surface area contributed by atoms with E-state index < -0.39 is 24.4 Å². The Morgan fingerprint density at radius 2 is 1.83 bits per heavy atom. The Morgan fingerprint density at radius 1 is 1.03 bits per heavy atom. The third-order valence-electron chi connectivity index (χ3n) is 4.12. The first-order valence-corrected chi connectivity index (χ1v) is 8.89. The molecule has 3 aromatic rings. The molecular weight excluding hydrogens is 386 g/mol. The molecule has 8 nitrogen and oxygen atoms in total. The number of aryl methyl sites for hydroxylation is 1. The van der Waals surface area contributed by atoms with E-state index in [9.17, 15) is 14.4 Å². The van der Waals surface area contributed by atoms with E-state index in [2.05, 4.69) is 10.6 Å². The van der Waals surface area contributed by atoms with Gasteiger partial charge in [0.15, 0.2) is 12.4 Å². The number of benzene rings is 2. The number of ether oxygens (including phenoxy) is 1. The molecule has 2 amide bonds. The first kappa shape index (κ1) is 20.4. The van der Waals surface area contributed by atoms with Crippen LogP contribution in [0.5, 0.6) is 0 Å². The number of nitrogens with zero attached hydrogens (tertiary/aromatic N) is 1. The number of nitriles is 1. The smallest absolute Gasteiger partial charge is 0.338 e. The SMILES string of the molecule is Cc1ccc(C(=O)OCC(=O)Nc2ccccc2C#N)cc1NC(=O)c1ccco1. The highest BCUT2D eigenvalue weighted by atomic mass is 16.5. The van der Waals surface area contributed by atoms with Gasteiger partial charge in [0, 0.05) is 5.69 Å². The van der Waals surface area contributed by atoms with Crippen LogP contribution in [0, 0.1) is 18.3 Å². The molecule has 0 bridgehead atoms. The second kappa shape index (κ2) is 9.21. The van der Waals surface area contributed by atoms with Crippen LogP contribution < -0.4 is 10.6 Å². The first-order chi connectivity index (χ1) is 14.5. The predicted octanol–water partition coefficient (Wildman–Crippen LogP) is 3.51. The van der Waals surface area contributed by atoms with Gasteiger partial charge in [-0.15, -0.1) is 0 Å². The van der Waals surface area contributed by atoms with E-state index in [-0.39, 0.29) is 11.3 Å². The van der Waals surface area contributed by atoms with Gasteiger partial charge in [-0.1, -0.05) is 18.2 Å². The monoisotopic (exact) mass is 403 g/mol. The molecule has 2 aromatic carbocycles. The molecule has 150 valence electrons. The lowest BCUT2D eigenvalue weighted by Crippen LogP contribution is -2.21. The van der Waals surface area contributed by atoms with E-state index in [0.717, 1.165) is 5.56 Å². The Morgan fingerprint density at radius 3 is 2.57 bits per heavy atom. The largest absolute Gasteiger partial charge is 0.459 e. The third-order valence-corrected chi connectivity index (χ3v) is 4.12. The Labute approximate surface area is 172 Å². The van der Waals surface area contributed by atoms with E-state index in [1.54, 1.807) is 43.3 Å². The van der Waals surface area contributed by atoms with Crippen LogP contribution in [0.4, 0.5) is 11.4 Å². The van der Waals surface area contributed by atoms with Crippen molar-refractivity contribution >= 4 is 29.2 Å². The van der Waals surface area contributed by atoms with Crippen molar-refractivity contribution in [2.24, 2.45) is 0 Å².